The average Bonchev–Trinajstić information content (AvgIpc) is 2.67. The van der Waals surface area contributed by atoms with Gasteiger partial charge in [-0.2, -0.15) is 13.2 Å². The molecule has 138 valence electrons. The summed E-state index contributed by atoms with van der Waals surface area (Å²) in [5.74, 6) is -0.579. The van der Waals surface area contributed by atoms with Gasteiger partial charge in [0.1, 0.15) is 5.69 Å². The van der Waals surface area contributed by atoms with Crippen molar-refractivity contribution in [2.24, 2.45) is 0 Å². The average molecular weight is 373 g/mol. The minimum absolute atomic E-state index is 0.0334. The highest BCUT2D eigenvalue weighted by Crippen LogP contribution is 2.35. The molecule has 6 nitrogen and oxygen atoms in total. The summed E-state index contributed by atoms with van der Waals surface area (Å²) in [5, 5.41) is 5.19. The number of nitrogens with zero attached hydrogens (tertiary/aromatic N) is 3. The van der Waals surface area contributed by atoms with Crippen LogP contribution in [-0.4, -0.2) is 20.9 Å². The van der Waals surface area contributed by atoms with Crippen LogP contribution >= 0.6 is 0 Å². The molecule has 2 aromatic heterocycles. The second-order valence-electron chi connectivity index (χ2n) is 5.47. The van der Waals surface area contributed by atoms with Crippen LogP contribution in [-0.2, 0) is 12.7 Å². The molecule has 0 bridgehead atoms. The molecular formula is C18H14F3N5O. The van der Waals surface area contributed by atoms with Crippen LogP contribution in [0.2, 0.25) is 0 Å². The van der Waals surface area contributed by atoms with Crippen LogP contribution < -0.4 is 10.6 Å². The zero-order chi connectivity index (χ0) is 19.3. The molecule has 0 aliphatic carbocycles. The van der Waals surface area contributed by atoms with Gasteiger partial charge in [-0.3, -0.25) is 9.78 Å². The van der Waals surface area contributed by atoms with Gasteiger partial charge in [-0.1, -0.05) is 12.1 Å². The number of benzene rings is 1. The van der Waals surface area contributed by atoms with E-state index >= 15 is 0 Å². The summed E-state index contributed by atoms with van der Waals surface area (Å²) in [7, 11) is 0. The van der Waals surface area contributed by atoms with E-state index in [0.717, 1.165) is 11.6 Å². The van der Waals surface area contributed by atoms with E-state index in [0.29, 0.717) is 0 Å². The summed E-state index contributed by atoms with van der Waals surface area (Å²) in [6.07, 6.45) is -0.0192. The Kier molecular flexibility index (Phi) is 5.30. The Balaban J connectivity index is 1.74. The number of aromatic nitrogens is 3. The molecule has 0 unspecified atom stereocenters. The molecule has 2 N–H and O–H groups in total. The number of hydrogen-bond donors (Lipinski definition) is 2. The lowest BCUT2D eigenvalue weighted by atomic mass is 10.1. The van der Waals surface area contributed by atoms with Gasteiger partial charge >= 0.3 is 6.18 Å². The number of rotatable bonds is 5. The van der Waals surface area contributed by atoms with Crippen molar-refractivity contribution in [3.63, 3.8) is 0 Å². The Morgan fingerprint density at radius 3 is 2.48 bits per heavy atom. The maximum absolute atomic E-state index is 13.1. The minimum atomic E-state index is -4.52. The van der Waals surface area contributed by atoms with E-state index in [2.05, 4.69) is 25.6 Å². The van der Waals surface area contributed by atoms with Crippen molar-refractivity contribution in [1.29, 1.82) is 0 Å². The fourth-order valence-corrected chi connectivity index (χ4v) is 2.28. The van der Waals surface area contributed by atoms with Gasteiger partial charge < -0.3 is 10.6 Å². The lowest BCUT2D eigenvalue weighted by molar-refractivity contribution is -0.136. The van der Waals surface area contributed by atoms with Crippen molar-refractivity contribution in [3.05, 3.63) is 77.9 Å². The highest BCUT2D eigenvalue weighted by molar-refractivity contribution is 5.92. The Bertz CT molecular complexity index is 932. The third kappa shape index (κ3) is 4.78. The first-order valence-electron chi connectivity index (χ1n) is 7.87. The Labute approximate surface area is 152 Å². The van der Waals surface area contributed by atoms with Crippen LogP contribution in [0.5, 0.6) is 0 Å². The van der Waals surface area contributed by atoms with E-state index in [1.54, 1.807) is 24.5 Å². The second-order valence-corrected chi connectivity index (χ2v) is 5.47. The molecule has 0 saturated heterocycles. The molecule has 3 rings (SSSR count). The third-order valence-corrected chi connectivity index (χ3v) is 3.57. The maximum Gasteiger partial charge on any atom is 0.418 e. The van der Waals surface area contributed by atoms with Crippen LogP contribution in [0.1, 0.15) is 21.6 Å². The van der Waals surface area contributed by atoms with Crippen LogP contribution in [0.25, 0.3) is 0 Å². The molecule has 9 heteroatoms. The first-order valence-corrected chi connectivity index (χ1v) is 7.87. The van der Waals surface area contributed by atoms with Gasteiger partial charge in [-0.05, 0) is 35.9 Å². The van der Waals surface area contributed by atoms with Crippen molar-refractivity contribution in [2.45, 2.75) is 12.7 Å². The van der Waals surface area contributed by atoms with Gasteiger partial charge in [0.05, 0.1) is 11.3 Å². The first-order chi connectivity index (χ1) is 12.9. The van der Waals surface area contributed by atoms with Crippen molar-refractivity contribution in [2.75, 3.05) is 5.32 Å². The Morgan fingerprint density at radius 2 is 1.74 bits per heavy atom. The smallest absolute Gasteiger partial charge is 0.347 e. The Hall–Kier alpha value is -3.49. The fraction of sp³-hybridized carbons (Fsp3) is 0.111. The molecule has 0 aliphatic rings. The van der Waals surface area contributed by atoms with Crippen molar-refractivity contribution in [1.82, 2.24) is 20.3 Å². The monoisotopic (exact) mass is 373 g/mol. The molecule has 0 atom stereocenters. The molecule has 0 fully saturated rings. The number of para-hydroxylation sites is 1. The Morgan fingerprint density at radius 1 is 1.00 bits per heavy atom. The highest BCUT2D eigenvalue weighted by Gasteiger charge is 2.33. The van der Waals surface area contributed by atoms with Crippen molar-refractivity contribution >= 4 is 17.5 Å². The SMILES string of the molecule is O=C(NCc1ccncc1)c1ccnc(Nc2ccccc2C(F)(F)F)n1. The fourth-order valence-electron chi connectivity index (χ4n) is 2.28. The van der Waals surface area contributed by atoms with Crippen LogP contribution in [0.15, 0.2) is 61.1 Å². The first kappa shape index (κ1) is 18.3. The minimum Gasteiger partial charge on any atom is -0.347 e. The summed E-state index contributed by atoms with van der Waals surface area (Å²) >= 11 is 0. The van der Waals surface area contributed by atoms with Gasteiger partial charge in [0.15, 0.2) is 0 Å². The molecule has 0 spiro atoms. The number of pyridine rings is 1. The van der Waals surface area contributed by atoms with Gasteiger partial charge in [0.25, 0.3) is 5.91 Å². The van der Waals surface area contributed by atoms with E-state index in [9.17, 15) is 18.0 Å². The summed E-state index contributed by atoms with van der Waals surface area (Å²) in [4.78, 5) is 24.0. The van der Waals surface area contributed by atoms with Crippen molar-refractivity contribution in [3.8, 4) is 0 Å². The zero-order valence-corrected chi connectivity index (χ0v) is 13.9. The number of nitrogens with one attached hydrogen (secondary N) is 2. The van der Waals surface area contributed by atoms with E-state index in [1.165, 1.54) is 30.5 Å². The number of halogens is 3. The summed E-state index contributed by atoms with van der Waals surface area (Å²) in [5.41, 5.74) is -0.156. The molecule has 27 heavy (non-hydrogen) atoms. The predicted molar refractivity (Wildman–Crippen MR) is 92.2 cm³/mol. The number of alkyl halides is 3. The molecule has 0 aliphatic heterocycles. The van der Waals surface area contributed by atoms with Crippen LogP contribution in [0.3, 0.4) is 0 Å². The molecular weight excluding hydrogens is 359 g/mol. The predicted octanol–water partition coefficient (Wildman–Crippen LogP) is 3.56. The van der Waals surface area contributed by atoms with Crippen molar-refractivity contribution < 1.29 is 18.0 Å². The van der Waals surface area contributed by atoms with Gasteiger partial charge in [0.2, 0.25) is 5.95 Å². The van der Waals surface area contributed by atoms with E-state index in [1.807, 2.05) is 0 Å². The van der Waals surface area contributed by atoms with Gasteiger partial charge in [-0.15, -0.1) is 0 Å². The zero-order valence-electron chi connectivity index (χ0n) is 13.9. The summed E-state index contributed by atoms with van der Waals surface area (Å²) in [6, 6.07) is 9.85. The number of amides is 1. The maximum atomic E-state index is 13.1. The number of carbonyl (C=O) groups is 1. The molecule has 1 aromatic carbocycles. The standard InChI is InChI=1S/C18H14F3N5O/c19-18(20,21)13-3-1-2-4-14(13)25-17-23-10-7-15(26-17)16(27)24-11-12-5-8-22-9-6-12/h1-10H,11H2,(H,24,27)(H,23,25,26). The highest BCUT2D eigenvalue weighted by atomic mass is 19.4. The molecule has 0 radical (unpaired) electrons. The summed E-state index contributed by atoms with van der Waals surface area (Å²) < 4.78 is 39.2. The van der Waals surface area contributed by atoms with Gasteiger partial charge in [0, 0.05) is 25.1 Å². The van der Waals surface area contributed by atoms with E-state index < -0.39 is 17.6 Å². The normalized spacial score (nSPS) is 11.1. The number of hydrogen-bond acceptors (Lipinski definition) is 5. The molecule has 3 aromatic rings. The number of anilines is 2. The molecule has 1 amide bonds. The van der Waals surface area contributed by atoms with E-state index in [4.69, 9.17) is 0 Å². The lowest BCUT2D eigenvalue weighted by Gasteiger charge is -2.13. The molecule has 2 heterocycles. The number of carbonyl (C=O) groups excluding carboxylic acids is 1. The topological polar surface area (TPSA) is 79.8 Å². The lowest BCUT2D eigenvalue weighted by Crippen LogP contribution is -2.24. The third-order valence-electron chi connectivity index (χ3n) is 3.57. The van der Waals surface area contributed by atoms with Gasteiger partial charge in [-0.25, -0.2) is 9.97 Å². The molecule has 0 saturated carbocycles. The van der Waals surface area contributed by atoms with Crippen LogP contribution in [0, 0.1) is 0 Å². The second kappa shape index (κ2) is 7.81. The quantitative estimate of drug-likeness (QED) is 0.715. The van der Waals surface area contributed by atoms with E-state index in [-0.39, 0.29) is 23.9 Å². The van der Waals surface area contributed by atoms with Crippen LogP contribution in [0.4, 0.5) is 24.8 Å². The summed E-state index contributed by atoms with van der Waals surface area (Å²) in [6.45, 7) is 0.269. The largest absolute Gasteiger partial charge is 0.418 e.